The number of nitrogen functional groups attached to an aromatic ring is 1. The van der Waals surface area contributed by atoms with Crippen molar-refractivity contribution in [3.05, 3.63) is 58.7 Å². The normalized spacial score (nSPS) is 11.6. The van der Waals surface area contributed by atoms with Crippen LogP contribution in [0.15, 0.2) is 36.4 Å². The van der Waals surface area contributed by atoms with Gasteiger partial charge in [0.1, 0.15) is 5.75 Å². The fraction of sp³-hybridized carbons (Fsp3) is 0.333. The number of rotatable bonds is 2. The molecule has 2 rings (SSSR count). The van der Waals surface area contributed by atoms with Crippen molar-refractivity contribution < 1.29 is 5.11 Å². The van der Waals surface area contributed by atoms with E-state index < -0.39 is 0 Å². The van der Waals surface area contributed by atoms with Gasteiger partial charge in [-0.3, -0.25) is 0 Å². The lowest BCUT2D eigenvalue weighted by atomic mass is 9.83. The highest BCUT2D eigenvalue weighted by Gasteiger charge is 2.20. The molecule has 0 heterocycles. The summed E-state index contributed by atoms with van der Waals surface area (Å²) in [5.74, 6) is 0.415. The van der Waals surface area contributed by atoms with Crippen LogP contribution in [-0.2, 0) is 11.8 Å². The average molecular weight is 269 g/mol. The molecule has 0 aliphatic rings. The Kier molecular flexibility index (Phi) is 3.76. The van der Waals surface area contributed by atoms with Crippen molar-refractivity contribution in [3.8, 4) is 5.75 Å². The molecule has 2 aromatic rings. The molecule has 0 saturated carbocycles. The number of phenols is 1. The molecule has 2 aromatic carbocycles. The van der Waals surface area contributed by atoms with Gasteiger partial charge in [0.15, 0.2) is 0 Å². The van der Waals surface area contributed by atoms with E-state index in [2.05, 4.69) is 32.9 Å². The Hall–Kier alpha value is -1.96. The van der Waals surface area contributed by atoms with Crippen LogP contribution in [0.3, 0.4) is 0 Å². The van der Waals surface area contributed by atoms with Crippen molar-refractivity contribution in [1.82, 2.24) is 0 Å². The van der Waals surface area contributed by atoms with Crippen molar-refractivity contribution >= 4 is 5.69 Å². The summed E-state index contributed by atoms with van der Waals surface area (Å²) in [6.07, 6.45) is 0.852. The molecule has 2 nitrogen and oxygen atoms in total. The van der Waals surface area contributed by atoms with Crippen LogP contribution in [0.1, 0.15) is 43.0 Å². The third-order valence-corrected chi connectivity index (χ3v) is 3.56. The van der Waals surface area contributed by atoms with Gasteiger partial charge < -0.3 is 10.8 Å². The molecule has 0 amide bonds. The van der Waals surface area contributed by atoms with Crippen LogP contribution >= 0.6 is 0 Å². The standard InChI is InChI=1S/C18H23NO/c1-12-9-14(10-13-5-7-15(19)8-6-13)11-16(17(12)20)18(2,3)4/h5-9,11,20H,10,19H2,1-4H3. The molecular weight excluding hydrogens is 246 g/mol. The number of hydrogen-bond acceptors (Lipinski definition) is 2. The molecule has 0 radical (unpaired) electrons. The van der Waals surface area contributed by atoms with Crippen LogP contribution < -0.4 is 5.73 Å². The van der Waals surface area contributed by atoms with Crippen LogP contribution in [0.2, 0.25) is 0 Å². The zero-order chi connectivity index (χ0) is 14.9. The van der Waals surface area contributed by atoms with Gasteiger partial charge in [0, 0.05) is 5.69 Å². The molecule has 0 fully saturated rings. The smallest absolute Gasteiger partial charge is 0.122 e. The quantitative estimate of drug-likeness (QED) is 0.804. The number of anilines is 1. The summed E-state index contributed by atoms with van der Waals surface area (Å²) in [5.41, 5.74) is 10.8. The van der Waals surface area contributed by atoms with Crippen molar-refractivity contribution in [1.29, 1.82) is 0 Å². The Morgan fingerprint density at radius 2 is 1.60 bits per heavy atom. The molecule has 0 unspecified atom stereocenters. The molecule has 0 aliphatic heterocycles. The molecule has 0 aromatic heterocycles. The molecule has 106 valence electrons. The van der Waals surface area contributed by atoms with E-state index in [4.69, 9.17) is 5.73 Å². The van der Waals surface area contributed by atoms with E-state index in [1.54, 1.807) is 0 Å². The van der Waals surface area contributed by atoms with E-state index in [-0.39, 0.29) is 5.41 Å². The first-order valence-corrected chi connectivity index (χ1v) is 6.95. The molecule has 0 bridgehead atoms. The van der Waals surface area contributed by atoms with Gasteiger partial charge in [0.05, 0.1) is 0 Å². The van der Waals surface area contributed by atoms with Gasteiger partial charge in [-0.25, -0.2) is 0 Å². The maximum Gasteiger partial charge on any atom is 0.122 e. The fourth-order valence-corrected chi connectivity index (χ4v) is 2.40. The largest absolute Gasteiger partial charge is 0.507 e. The number of phenolic OH excluding ortho intramolecular Hbond substituents is 1. The average Bonchev–Trinajstić information content (AvgIpc) is 2.35. The first kappa shape index (κ1) is 14.4. The van der Waals surface area contributed by atoms with Crippen LogP contribution in [0.25, 0.3) is 0 Å². The van der Waals surface area contributed by atoms with E-state index in [1.807, 2.05) is 31.2 Å². The van der Waals surface area contributed by atoms with Crippen molar-refractivity contribution in [2.24, 2.45) is 0 Å². The SMILES string of the molecule is Cc1cc(Cc2ccc(N)cc2)cc(C(C)(C)C)c1O. The van der Waals surface area contributed by atoms with Crippen molar-refractivity contribution in [3.63, 3.8) is 0 Å². The van der Waals surface area contributed by atoms with Crippen LogP contribution in [0, 0.1) is 6.92 Å². The summed E-state index contributed by atoms with van der Waals surface area (Å²) in [4.78, 5) is 0. The Labute approximate surface area is 121 Å². The second kappa shape index (κ2) is 5.20. The van der Waals surface area contributed by atoms with Gasteiger partial charge in [-0.2, -0.15) is 0 Å². The van der Waals surface area contributed by atoms with Gasteiger partial charge in [-0.1, -0.05) is 45.0 Å². The minimum Gasteiger partial charge on any atom is -0.507 e. The zero-order valence-corrected chi connectivity index (χ0v) is 12.7. The molecule has 20 heavy (non-hydrogen) atoms. The van der Waals surface area contributed by atoms with Crippen molar-refractivity contribution in [2.75, 3.05) is 5.73 Å². The lowest BCUT2D eigenvalue weighted by molar-refractivity contribution is 0.442. The maximum absolute atomic E-state index is 10.2. The molecule has 0 spiro atoms. The monoisotopic (exact) mass is 269 g/mol. The highest BCUT2D eigenvalue weighted by atomic mass is 16.3. The lowest BCUT2D eigenvalue weighted by Gasteiger charge is -2.22. The number of aromatic hydroxyl groups is 1. The van der Waals surface area contributed by atoms with Gasteiger partial charge in [0.2, 0.25) is 0 Å². The molecule has 0 atom stereocenters. The topological polar surface area (TPSA) is 46.2 Å². The molecule has 2 heteroatoms. The van der Waals surface area contributed by atoms with E-state index >= 15 is 0 Å². The number of nitrogens with two attached hydrogens (primary N) is 1. The summed E-state index contributed by atoms with van der Waals surface area (Å²) in [6.45, 7) is 8.31. The van der Waals surface area contributed by atoms with E-state index in [1.165, 1.54) is 11.1 Å². The summed E-state index contributed by atoms with van der Waals surface area (Å²) >= 11 is 0. The van der Waals surface area contributed by atoms with Crippen molar-refractivity contribution in [2.45, 2.75) is 39.5 Å². The second-order valence-electron chi connectivity index (χ2n) is 6.48. The van der Waals surface area contributed by atoms with E-state index in [0.29, 0.717) is 5.75 Å². The molecule has 0 saturated heterocycles. The lowest BCUT2D eigenvalue weighted by Crippen LogP contribution is -2.12. The fourth-order valence-electron chi connectivity index (χ4n) is 2.40. The first-order valence-electron chi connectivity index (χ1n) is 6.95. The zero-order valence-electron chi connectivity index (χ0n) is 12.7. The van der Waals surface area contributed by atoms with Crippen LogP contribution in [0.5, 0.6) is 5.75 Å². The highest BCUT2D eigenvalue weighted by Crippen LogP contribution is 2.34. The Bertz CT molecular complexity index is 607. The maximum atomic E-state index is 10.2. The number of benzene rings is 2. The molecule has 3 N–H and O–H groups in total. The Balaban J connectivity index is 2.38. The summed E-state index contributed by atoms with van der Waals surface area (Å²) in [5, 5.41) is 10.2. The minimum absolute atomic E-state index is 0.0635. The van der Waals surface area contributed by atoms with Crippen LogP contribution in [0.4, 0.5) is 5.69 Å². The first-order chi connectivity index (χ1) is 9.27. The van der Waals surface area contributed by atoms with Crippen LogP contribution in [-0.4, -0.2) is 5.11 Å². The molecule has 0 aliphatic carbocycles. The Morgan fingerprint density at radius 1 is 1.00 bits per heavy atom. The minimum atomic E-state index is -0.0635. The third kappa shape index (κ3) is 3.13. The van der Waals surface area contributed by atoms with Gasteiger partial charge in [0.25, 0.3) is 0 Å². The van der Waals surface area contributed by atoms with Gasteiger partial charge in [-0.05, 0) is 53.1 Å². The highest BCUT2D eigenvalue weighted by molar-refractivity contribution is 5.48. The summed E-state index contributed by atoms with van der Waals surface area (Å²) < 4.78 is 0. The third-order valence-electron chi connectivity index (χ3n) is 3.56. The van der Waals surface area contributed by atoms with E-state index in [9.17, 15) is 5.11 Å². The van der Waals surface area contributed by atoms with E-state index in [0.717, 1.165) is 23.2 Å². The predicted molar refractivity (Wildman–Crippen MR) is 85.2 cm³/mol. The van der Waals surface area contributed by atoms with Gasteiger partial charge in [-0.15, -0.1) is 0 Å². The second-order valence-corrected chi connectivity index (χ2v) is 6.48. The summed E-state index contributed by atoms with van der Waals surface area (Å²) in [7, 11) is 0. The number of hydrogen-bond donors (Lipinski definition) is 2. The predicted octanol–water partition coefficient (Wildman–Crippen LogP) is 4.17. The Morgan fingerprint density at radius 3 is 2.15 bits per heavy atom. The molecular formula is C18H23NO. The summed E-state index contributed by atoms with van der Waals surface area (Å²) in [6, 6.07) is 12.1. The number of aryl methyl sites for hydroxylation is 1. The van der Waals surface area contributed by atoms with Gasteiger partial charge >= 0.3 is 0 Å².